The Labute approximate surface area is 121 Å². The van der Waals surface area contributed by atoms with Gasteiger partial charge in [-0.3, -0.25) is 4.98 Å². The second kappa shape index (κ2) is 6.78. The van der Waals surface area contributed by atoms with E-state index in [0.717, 1.165) is 17.7 Å². The molecule has 0 aliphatic rings. The van der Waals surface area contributed by atoms with Crippen LogP contribution in [-0.2, 0) is 6.54 Å². The summed E-state index contributed by atoms with van der Waals surface area (Å²) in [5, 5.41) is 2.55. The number of pyridine rings is 1. The maximum absolute atomic E-state index is 13.1. The summed E-state index contributed by atoms with van der Waals surface area (Å²) in [5.74, 6) is -1.94. The first-order valence-electron chi connectivity index (χ1n) is 6.50. The zero-order chi connectivity index (χ0) is 15.2. The lowest BCUT2D eigenvalue weighted by Crippen LogP contribution is -2.34. The van der Waals surface area contributed by atoms with Gasteiger partial charge in [-0.15, -0.1) is 0 Å². The van der Waals surface area contributed by atoms with Crippen molar-refractivity contribution in [2.45, 2.75) is 13.5 Å². The van der Waals surface area contributed by atoms with E-state index in [1.54, 1.807) is 17.3 Å². The molecule has 0 saturated carbocycles. The van der Waals surface area contributed by atoms with Gasteiger partial charge in [-0.2, -0.15) is 0 Å². The van der Waals surface area contributed by atoms with Gasteiger partial charge in [0.2, 0.25) is 0 Å². The minimum Gasteiger partial charge on any atom is -0.320 e. The van der Waals surface area contributed by atoms with Crippen molar-refractivity contribution in [3.05, 3.63) is 59.9 Å². The summed E-state index contributed by atoms with van der Waals surface area (Å²) in [6, 6.07) is 6.50. The normalized spacial score (nSPS) is 10.2. The summed E-state index contributed by atoms with van der Waals surface area (Å²) in [4.78, 5) is 17.6. The number of aromatic nitrogens is 1. The first-order valence-corrected chi connectivity index (χ1v) is 6.50. The average Bonchev–Trinajstić information content (AvgIpc) is 2.49. The summed E-state index contributed by atoms with van der Waals surface area (Å²) < 4.78 is 26.0. The van der Waals surface area contributed by atoms with Crippen LogP contribution in [0.3, 0.4) is 0 Å². The van der Waals surface area contributed by atoms with Gasteiger partial charge in [0.15, 0.2) is 11.6 Å². The Balaban J connectivity index is 2.04. The molecule has 0 spiro atoms. The van der Waals surface area contributed by atoms with E-state index in [1.165, 1.54) is 6.07 Å². The molecule has 0 unspecified atom stereocenters. The third kappa shape index (κ3) is 3.98. The third-order valence-corrected chi connectivity index (χ3v) is 2.96. The van der Waals surface area contributed by atoms with Gasteiger partial charge in [0, 0.05) is 37.2 Å². The van der Waals surface area contributed by atoms with E-state index < -0.39 is 11.6 Å². The molecule has 0 radical (unpaired) electrons. The van der Waals surface area contributed by atoms with Gasteiger partial charge in [-0.1, -0.05) is 0 Å². The molecule has 1 N–H and O–H groups in total. The monoisotopic (exact) mass is 291 g/mol. The highest BCUT2D eigenvalue weighted by molar-refractivity contribution is 5.89. The molecular weight excluding hydrogens is 276 g/mol. The lowest BCUT2D eigenvalue weighted by atomic mass is 10.2. The molecule has 21 heavy (non-hydrogen) atoms. The number of halogens is 2. The summed E-state index contributed by atoms with van der Waals surface area (Å²) in [7, 11) is 0. The number of anilines is 1. The molecule has 2 aromatic rings. The van der Waals surface area contributed by atoms with E-state index in [2.05, 4.69) is 10.3 Å². The minimum absolute atomic E-state index is 0.215. The Kier molecular flexibility index (Phi) is 4.81. The highest BCUT2D eigenvalue weighted by Gasteiger charge is 2.13. The zero-order valence-electron chi connectivity index (χ0n) is 11.5. The van der Waals surface area contributed by atoms with Gasteiger partial charge in [-0.25, -0.2) is 13.6 Å². The molecule has 4 nitrogen and oxygen atoms in total. The van der Waals surface area contributed by atoms with E-state index in [4.69, 9.17) is 0 Å². The van der Waals surface area contributed by atoms with Gasteiger partial charge >= 0.3 is 6.03 Å². The topological polar surface area (TPSA) is 45.2 Å². The van der Waals surface area contributed by atoms with Crippen LogP contribution in [0.1, 0.15) is 12.5 Å². The van der Waals surface area contributed by atoms with Gasteiger partial charge in [0.25, 0.3) is 0 Å². The standard InChI is InChI=1S/C15H15F2N3O/c1-2-20(10-11-5-7-18-8-6-11)15(21)19-12-3-4-13(16)14(17)9-12/h3-9H,2,10H2,1H3,(H,19,21). The molecule has 0 aliphatic heterocycles. The van der Waals surface area contributed by atoms with E-state index in [-0.39, 0.29) is 11.7 Å². The SMILES string of the molecule is CCN(Cc1ccncc1)C(=O)Nc1ccc(F)c(F)c1. The van der Waals surface area contributed by atoms with Crippen molar-refractivity contribution in [2.75, 3.05) is 11.9 Å². The fourth-order valence-corrected chi connectivity index (χ4v) is 1.81. The van der Waals surface area contributed by atoms with Crippen molar-refractivity contribution in [3.63, 3.8) is 0 Å². The number of amides is 2. The number of hydrogen-bond donors (Lipinski definition) is 1. The van der Waals surface area contributed by atoms with Crippen molar-refractivity contribution in [1.29, 1.82) is 0 Å². The first-order chi connectivity index (χ1) is 10.1. The fourth-order valence-electron chi connectivity index (χ4n) is 1.81. The molecule has 0 aliphatic carbocycles. The lowest BCUT2D eigenvalue weighted by Gasteiger charge is -2.21. The summed E-state index contributed by atoms with van der Waals surface area (Å²) >= 11 is 0. The predicted octanol–water partition coefficient (Wildman–Crippen LogP) is 3.41. The first kappa shape index (κ1) is 14.9. The molecule has 0 bridgehead atoms. The zero-order valence-corrected chi connectivity index (χ0v) is 11.5. The maximum atomic E-state index is 13.1. The number of rotatable bonds is 4. The minimum atomic E-state index is -0.995. The molecule has 110 valence electrons. The van der Waals surface area contributed by atoms with Crippen LogP contribution in [0, 0.1) is 11.6 Å². The number of carbonyl (C=O) groups is 1. The number of urea groups is 1. The van der Waals surface area contributed by atoms with Crippen LogP contribution >= 0.6 is 0 Å². The van der Waals surface area contributed by atoms with Crippen LogP contribution < -0.4 is 5.32 Å². The number of benzene rings is 1. The molecular formula is C15H15F2N3O. The quantitative estimate of drug-likeness (QED) is 0.938. The Hall–Kier alpha value is -2.50. The molecule has 1 heterocycles. The van der Waals surface area contributed by atoms with Gasteiger partial charge in [0.1, 0.15) is 0 Å². The van der Waals surface area contributed by atoms with Crippen molar-refractivity contribution in [2.24, 2.45) is 0 Å². The van der Waals surface area contributed by atoms with Crippen molar-refractivity contribution in [1.82, 2.24) is 9.88 Å². The predicted molar refractivity (Wildman–Crippen MR) is 75.7 cm³/mol. The van der Waals surface area contributed by atoms with Crippen LogP contribution in [0.2, 0.25) is 0 Å². The average molecular weight is 291 g/mol. The summed E-state index contributed by atoms with van der Waals surface area (Å²) in [6.07, 6.45) is 3.30. The Morgan fingerprint density at radius 2 is 1.90 bits per heavy atom. The van der Waals surface area contributed by atoms with E-state index >= 15 is 0 Å². The van der Waals surface area contributed by atoms with E-state index in [0.29, 0.717) is 13.1 Å². The van der Waals surface area contributed by atoms with Gasteiger partial charge in [-0.05, 0) is 36.8 Å². The Bertz CT molecular complexity index is 620. The number of nitrogens with zero attached hydrogens (tertiary/aromatic N) is 2. The fraction of sp³-hybridized carbons (Fsp3) is 0.200. The number of carbonyl (C=O) groups excluding carboxylic acids is 1. The smallest absolute Gasteiger partial charge is 0.320 e. The Morgan fingerprint density at radius 3 is 2.52 bits per heavy atom. The lowest BCUT2D eigenvalue weighted by molar-refractivity contribution is 0.212. The van der Waals surface area contributed by atoms with Crippen LogP contribution in [0.25, 0.3) is 0 Å². The maximum Gasteiger partial charge on any atom is 0.322 e. The number of nitrogens with one attached hydrogen (secondary N) is 1. The molecule has 2 rings (SSSR count). The van der Waals surface area contributed by atoms with Crippen LogP contribution in [-0.4, -0.2) is 22.5 Å². The van der Waals surface area contributed by atoms with Crippen LogP contribution in [0.4, 0.5) is 19.3 Å². The van der Waals surface area contributed by atoms with Gasteiger partial charge in [0.05, 0.1) is 0 Å². The van der Waals surface area contributed by atoms with Crippen LogP contribution in [0.15, 0.2) is 42.7 Å². The molecule has 0 fully saturated rings. The Morgan fingerprint density at radius 1 is 1.19 bits per heavy atom. The third-order valence-electron chi connectivity index (χ3n) is 2.96. The van der Waals surface area contributed by atoms with E-state index in [1.807, 2.05) is 19.1 Å². The molecule has 1 aromatic carbocycles. The largest absolute Gasteiger partial charge is 0.322 e. The molecule has 0 atom stereocenters. The molecule has 0 saturated heterocycles. The summed E-state index contributed by atoms with van der Waals surface area (Å²) in [5.41, 5.74) is 1.15. The molecule has 6 heteroatoms. The second-order valence-electron chi connectivity index (χ2n) is 4.43. The summed E-state index contributed by atoms with van der Waals surface area (Å²) in [6.45, 7) is 2.73. The van der Waals surface area contributed by atoms with Gasteiger partial charge < -0.3 is 10.2 Å². The molecule has 2 amide bonds. The van der Waals surface area contributed by atoms with Crippen molar-refractivity contribution in [3.8, 4) is 0 Å². The highest BCUT2D eigenvalue weighted by atomic mass is 19.2. The number of hydrogen-bond acceptors (Lipinski definition) is 2. The molecule has 1 aromatic heterocycles. The van der Waals surface area contributed by atoms with Crippen LogP contribution in [0.5, 0.6) is 0 Å². The highest BCUT2D eigenvalue weighted by Crippen LogP contribution is 2.14. The second-order valence-corrected chi connectivity index (χ2v) is 4.43. The van der Waals surface area contributed by atoms with Crippen molar-refractivity contribution < 1.29 is 13.6 Å². The van der Waals surface area contributed by atoms with E-state index in [9.17, 15) is 13.6 Å². The van der Waals surface area contributed by atoms with Crippen molar-refractivity contribution >= 4 is 11.7 Å².